The van der Waals surface area contributed by atoms with Gasteiger partial charge in [-0.15, -0.1) is 0 Å². The number of aliphatic hydroxyl groups is 1. The maximum Gasteiger partial charge on any atom is 0.119 e. The predicted molar refractivity (Wildman–Crippen MR) is 133 cm³/mol. The van der Waals surface area contributed by atoms with Crippen molar-refractivity contribution < 1.29 is 14.6 Å². The van der Waals surface area contributed by atoms with Crippen LogP contribution >= 0.6 is 0 Å². The first kappa shape index (κ1) is 22.1. The van der Waals surface area contributed by atoms with E-state index in [1.54, 1.807) is 0 Å². The number of benzene rings is 3. The lowest BCUT2D eigenvalue weighted by atomic mass is 9.65. The number of nitrogens with zero attached hydrogens (tertiary/aromatic N) is 1. The predicted octanol–water partition coefficient (Wildman–Crippen LogP) is 5.76. The Kier molecular flexibility index (Phi) is 6.28. The first-order valence-electron chi connectivity index (χ1n) is 11.6. The topological polar surface area (TPSA) is 68.1 Å². The number of allylic oxidation sites excluding steroid dienone is 4. The van der Waals surface area contributed by atoms with Crippen LogP contribution in [0, 0.1) is 4.91 Å². The van der Waals surface area contributed by atoms with Crippen LogP contribution in [0.5, 0.6) is 5.75 Å². The van der Waals surface area contributed by atoms with Crippen molar-refractivity contribution in [1.82, 2.24) is 0 Å². The van der Waals surface area contributed by atoms with Gasteiger partial charge in [-0.3, -0.25) is 0 Å². The van der Waals surface area contributed by atoms with Crippen LogP contribution in [0.2, 0.25) is 0 Å². The van der Waals surface area contributed by atoms with Gasteiger partial charge in [-0.1, -0.05) is 77.5 Å². The third kappa shape index (κ3) is 3.72. The molecule has 1 N–H and O–H groups in total. The van der Waals surface area contributed by atoms with Crippen LogP contribution in [0.4, 0.5) is 0 Å². The summed E-state index contributed by atoms with van der Waals surface area (Å²) in [5, 5.41) is 12.0. The molecule has 0 unspecified atom stereocenters. The molecular weight excluding hydrogens is 426 g/mol. The van der Waals surface area contributed by atoms with Gasteiger partial charge in [0.15, 0.2) is 0 Å². The van der Waals surface area contributed by atoms with Crippen molar-refractivity contribution in [2.75, 3.05) is 26.4 Å². The summed E-state index contributed by atoms with van der Waals surface area (Å²) in [6.45, 7) is 0.724. The van der Waals surface area contributed by atoms with E-state index in [1.165, 1.54) is 33.4 Å². The van der Waals surface area contributed by atoms with E-state index in [9.17, 15) is 4.91 Å². The van der Waals surface area contributed by atoms with Crippen LogP contribution < -0.4 is 4.74 Å². The van der Waals surface area contributed by atoms with Gasteiger partial charge in [-0.05, 0) is 52.4 Å². The molecule has 0 atom stereocenters. The molecule has 0 spiro atoms. The molecule has 0 saturated carbocycles. The van der Waals surface area contributed by atoms with Gasteiger partial charge in [0.25, 0.3) is 0 Å². The zero-order chi connectivity index (χ0) is 23.4. The van der Waals surface area contributed by atoms with E-state index in [2.05, 4.69) is 71.9 Å². The number of aliphatic hydroxyl groups excluding tert-OH is 1. The van der Waals surface area contributed by atoms with Gasteiger partial charge in [0, 0.05) is 6.42 Å². The van der Waals surface area contributed by atoms with E-state index < -0.39 is 5.41 Å². The second-order valence-corrected chi connectivity index (χ2v) is 8.46. The average molecular weight is 454 g/mol. The Balaban J connectivity index is 1.66. The zero-order valence-electron chi connectivity index (χ0n) is 18.9. The second kappa shape index (κ2) is 9.65. The summed E-state index contributed by atoms with van der Waals surface area (Å²) < 4.78 is 11.4. The fourth-order valence-corrected chi connectivity index (χ4v) is 5.31. The molecule has 5 nitrogen and oxygen atoms in total. The summed E-state index contributed by atoms with van der Waals surface area (Å²) in [5.74, 6) is 1.62. The maximum atomic E-state index is 10.4. The minimum absolute atomic E-state index is 0.00985. The number of hydrogen-bond donors (Lipinski definition) is 1. The van der Waals surface area contributed by atoms with Gasteiger partial charge >= 0.3 is 0 Å². The Morgan fingerprint density at radius 2 is 1.47 bits per heavy atom. The van der Waals surface area contributed by atoms with Gasteiger partial charge in [0.2, 0.25) is 0 Å². The molecular formula is C29H27NO4. The monoisotopic (exact) mass is 453 g/mol. The van der Waals surface area contributed by atoms with E-state index >= 15 is 0 Å². The number of hydrogen-bond acceptors (Lipinski definition) is 5. The fraction of sp³-hybridized carbons (Fsp3) is 0.241. The standard InChI is InChI=1S/C29H27NO4/c31-18-20-34-24-15-11-22(12-16-24)29(21-9-13-23(14-10-21)33-19-17-30-32)27-7-3-1-5-25(27)26-6-2-4-8-28(26)29/h1-11,13-15,31H,12,16-20H2. The van der Waals surface area contributed by atoms with Gasteiger partial charge in [-0.25, -0.2) is 0 Å². The molecule has 0 fully saturated rings. The molecule has 2 aliphatic rings. The molecule has 0 heterocycles. The smallest absolute Gasteiger partial charge is 0.119 e. The quantitative estimate of drug-likeness (QED) is 0.330. The molecule has 0 aliphatic heterocycles. The van der Waals surface area contributed by atoms with Crippen molar-refractivity contribution in [2.45, 2.75) is 18.3 Å². The summed E-state index contributed by atoms with van der Waals surface area (Å²) >= 11 is 0. The number of fused-ring (bicyclic) bond motifs is 3. The molecule has 5 rings (SSSR count). The van der Waals surface area contributed by atoms with Crippen molar-refractivity contribution in [3.63, 3.8) is 0 Å². The molecule has 5 heteroatoms. The van der Waals surface area contributed by atoms with Crippen molar-refractivity contribution in [1.29, 1.82) is 0 Å². The van der Waals surface area contributed by atoms with Gasteiger partial charge in [-0.2, -0.15) is 4.91 Å². The van der Waals surface area contributed by atoms with Gasteiger partial charge < -0.3 is 14.6 Å². The summed E-state index contributed by atoms with van der Waals surface area (Å²) in [6, 6.07) is 25.5. The summed E-state index contributed by atoms with van der Waals surface area (Å²) in [7, 11) is 0. The Morgan fingerprint density at radius 3 is 2.06 bits per heavy atom. The molecule has 172 valence electrons. The van der Waals surface area contributed by atoms with Crippen molar-refractivity contribution in [3.8, 4) is 16.9 Å². The molecule has 0 radical (unpaired) electrons. The van der Waals surface area contributed by atoms with E-state index in [-0.39, 0.29) is 19.8 Å². The molecule has 0 aromatic heterocycles. The minimum Gasteiger partial charge on any atom is -0.496 e. The lowest BCUT2D eigenvalue weighted by Gasteiger charge is -2.37. The van der Waals surface area contributed by atoms with E-state index in [1.807, 2.05) is 18.2 Å². The van der Waals surface area contributed by atoms with Crippen LogP contribution in [0.15, 0.2) is 101 Å². The highest BCUT2D eigenvalue weighted by atomic mass is 16.5. The zero-order valence-corrected chi connectivity index (χ0v) is 18.9. The summed E-state index contributed by atoms with van der Waals surface area (Å²) in [5.41, 5.74) is 7.11. The van der Waals surface area contributed by atoms with E-state index in [0.717, 1.165) is 24.4 Å². The second-order valence-electron chi connectivity index (χ2n) is 8.46. The summed E-state index contributed by atoms with van der Waals surface area (Å²) in [6.07, 6.45) is 5.87. The fourth-order valence-electron chi connectivity index (χ4n) is 5.31. The van der Waals surface area contributed by atoms with E-state index in [0.29, 0.717) is 6.61 Å². The Hall–Kier alpha value is -3.70. The molecule has 0 amide bonds. The van der Waals surface area contributed by atoms with Crippen molar-refractivity contribution >= 4 is 0 Å². The first-order valence-corrected chi connectivity index (χ1v) is 11.6. The summed E-state index contributed by atoms with van der Waals surface area (Å²) in [4.78, 5) is 10.4. The average Bonchev–Trinajstić information content (AvgIpc) is 3.20. The number of nitroso groups, excluding NO2 is 1. The normalized spacial score (nSPS) is 15.6. The minimum atomic E-state index is -0.422. The molecule has 3 aromatic rings. The lowest BCUT2D eigenvalue weighted by molar-refractivity contribution is 0.139. The SMILES string of the molecule is O=NCCOc1ccc(C2(C3=CC=C(OCCO)CC3)c3ccccc3-c3ccccc32)cc1. The van der Waals surface area contributed by atoms with Crippen LogP contribution in [0.3, 0.4) is 0 Å². The first-order chi connectivity index (χ1) is 16.8. The van der Waals surface area contributed by atoms with Crippen LogP contribution in [0.1, 0.15) is 29.5 Å². The van der Waals surface area contributed by atoms with E-state index in [4.69, 9.17) is 14.6 Å². The van der Waals surface area contributed by atoms with Crippen molar-refractivity contribution in [3.05, 3.63) is 118 Å². The lowest BCUT2D eigenvalue weighted by Crippen LogP contribution is -2.30. The van der Waals surface area contributed by atoms with Crippen LogP contribution in [-0.2, 0) is 10.2 Å². The van der Waals surface area contributed by atoms with Gasteiger partial charge in [0.05, 0.1) is 17.8 Å². The molecule has 0 saturated heterocycles. The third-order valence-corrected chi connectivity index (χ3v) is 6.66. The third-order valence-electron chi connectivity index (χ3n) is 6.66. The highest BCUT2D eigenvalue weighted by Crippen LogP contribution is 2.57. The Labute approximate surface area is 199 Å². The Bertz CT molecular complexity index is 1200. The highest BCUT2D eigenvalue weighted by molar-refractivity contribution is 5.86. The number of rotatable bonds is 9. The van der Waals surface area contributed by atoms with Crippen LogP contribution in [-0.4, -0.2) is 31.5 Å². The maximum absolute atomic E-state index is 10.4. The van der Waals surface area contributed by atoms with Gasteiger partial charge in [0.1, 0.15) is 25.5 Å². The van der Waals surface area contributed by atoms with Crippen LogP contribution in [0.25, 0.3) is 11.1 Å². The molecule has 34 heavy (non-hydrogen) atoms. The highest BCUT2D eigenvalue weighted by Gasteiger charge is 2.47. The van der Waals surface area contributed by atoms with Crippen molar-refractivity contribution in [2.24, 2.45) is 5.18 Å². The largest absolute Gasteiger partial charge is 0.496 e. The molecule has 3 aromatic carbocycles. The Morgan fingerprint density at radius 1 is 0.794 bits per heavy atom. The molecule has 0 bridgehead atoms. The number of ether oxygens (including phenoxy) is 2. The molecule has 2 aliphatic carbocycles.